The van der Waals surface area contributed by atoms with Crippen LogP contribution in [0.25, 0.3) is 0 Å². The van der Waals surface area contributed by atoms with Crippen LogP contribution in [0, 0.1) is 0 Å². The Bertz CT molecular complexity index is 408. The van der Waals surface area contributed by atoms with Gasteiger partial charge in [-0.05, 0) is 24.1 Å². The van der Waals surface area contributed by atoms with Crippen molar-refractivity contribution in [1.82, 2.24) is 5.32 Å². The van der Waals surface area contributed by atoms with Crippen molar-refractivity contribution in [3.63, 3.8) is 0 Å². The molecule has 0 bridgehead atoms. The first-order valence-corrected chi connectivity index (χ1v) is 6.01. The zero-order valence-electron chi connectivity index (χ0n) is 8.90. The van der Waals surface area contributed by atoms with E-state index in [0.29, 0.717) is 18.0 Å². The minimum Gasteiger partial charge on any atom is -0.504 e. The molecule has 5 heteroatoms. The maximum atomic E-state index is 11.4. The second-order valence-electron chi connectivity index (χ2n) is 3.55. The Kier molecular flexibility index (Phi) is 3.24. The van der Waals surface area contributed by atoms with Gasteiger partial charge in [0.05, 0.1) is 18.2 Å². The van der Waals surface area contributed by atoms with Crippen molar-refractivity contribution >= 4 is 17.7 Å². The fraction of sp³-hybridized carbons (Fsp3) is 0.364. The molecule has 0 aliphatic carbocycles. The summed E-state index contributed by atoms with van der Waals surface area (Å²) in [5.41, 5.74) is 0.938. The molecule has 1 fully saturated rings. The van der Waals surface area contributed by atoms with Gasteiger partial charge in [-0.25, -0.2) is 0 Å². The van der Waals surface area contributed by atoms with E-state index in [1.165, 1.54) is 7.11 Å². The number of aromatic hydroxyl groups is 1. The molecule has 4 nitrogen and oxygen atoms in total. The summed E-state index contributed by atoms with van der Waals surface area (Å²) in [6, 6.07) is 5.22. The molecule has 2 N–H and O–H groups in total. The van der Waals surface area contributed by atoms with Crippen LogP contribution in [0.15, 0.2) is 18.2 Å². The monoisotopic (exact) mass is 239 g/mol. The topological polar surface area (TPSA) is 58.6 Å². The summed E-state index contributed by atoms with van der Waals surface area (Å²) in [5.74, 6) is 1.31. The van der Waals surface area contributed by atoms with Crippen molar-refractivity contribution in [1.29, 1.82) is 0 Å². The molecular formula is C11H13NO3S. The number of hydrogen-bond acceptors (Lipinski definition) is 4. The number of carbonyl (C=O) groups is 1. The van der Waals surface area contributed by atoms with Crippen molar-refractivity contribution < 1.29 is 14.6 Å². The number of benzene rings is 1. The van der Waals surface area contributed by atoms with E-state index in [9.17, 15) is 9.90 Å². The predicted octanol–water partition coefficient (Wildman–Crippen LogP) is 1.13. The number of methoxy groups -OCH3 is 1. The Balaban J connectivity index is 2.10. The molecule has 1 aliphatic heterocycles. The second-order valence-corrected chi connectivity index (χ2v) is 4.74. The molecule has 0 spiro atoms. The first-order valence-electron chi connectivity index (χ1n) is 4.96. The molecule has 16 heavy (non-hydrogen) atoms. The van der Waals surface area contributed by atoms with Crippen LogP contribution in [0.4, 0.5) is 0 Å². The highest BCUT2D eigenvalue weighted by molar-refractivity contribution is 8.01. The molecule has 1 saturated heterocycles. The lowest BCUT2D eigenvalue weighted by Gasteiger charge is -2.08. The largest absolute Gasteiger partial charge is 0.504 e. The van der Waals surface area contributed by atoms with E-state index in [1.807, 2.05) is 6.07 Å². The standard InChI is InChI=1S/C11H13NO3S/c1-15-9-3-2-7(4-8(9)13)5-10-11(14)12-6-16-10/h2-4,10,13H,5-6H2,1H3,(H,12,14). The minimum atomic E-state index is -0.0483. The Hall–Kier alpha value is -1.36. The molecule has 0 saturated carbocycles. The Labute approximate surface area is 98.0 Å². The van der Waals surface area contributed by atoms with Crippen LogP contribution in [0.5, 0.6) is 11.5 Å². The maximum Gasteiger partial charge on any atom is 0.234 e. The van der Waals surface area contributed by atoms with E-state index in [0.717, 1.165) is 5.56 Å². The zero-order valence-corrected chi connectivity index (χ0v) is 9.71. The van der Waals surface area contributed by atoms with Gasteiger partial charge in [0.1, 0.15) is 0 Å². The number of amides is 1. The molecule has 1 unspecified atom stereocenters. The van der Waals surface area contributed by atoms with Crippen LogP contribution in [-0.4, -0.2) is 29.3 Å². The van der Waals surface area contributed by atoms with E-state index in [1.54, 1.807) is 23.9 Å². The van der Waals surface area contributed by atoms with Crippen LogP contribution in [0.1, 0.15) is 5.56 Å². The van der Waals surface area contributed by atoms with Crippen LogP contribution >= 0.6 is 11.8 Å². The fourth-order valence-corrected chi connectivity index (χ4v) is 2.60. The molecule has 2 rings (SSSR count). The highest BCUT2D eigenvalue weighted by atomic mass is 32.2. The van der Waals surface area contributed by atoms with Crippen molar-refractivity contribution in [2.24, 2.45) is 0 Å². The van der Waals surface area contributed by atoms with E-state index < -0.39 is 0 Å². The molecule has 0 aromatic heterocycles. The number of nitrogens with one attached hydrogen (secondary N) is 1. The van der Waals surface area contributed by atoms with Crippen molar-refractivity contribution in [3.8, 4) is 11.5 Å². The molecule has 0 radical (unpaired) electrons. The Morgan fingerprint density at radius 1 is 1.62 bits per heavy atom. The summed E-state index contributed by atoms with van der Waals surface area (Å²) in [6.45, 7) is 0. The fourth-order valence-electron chi connectivity index (χ4n) is 1.63. The molecule has 1 atom stereocenters. The molecule has 1 amide bonds. The lowest BCUT2D eigenvalue weighted by atomic mass is 10.1. The Morgan fingerprint density at radius 3 is 3.00 bits per heavy atom. The average Bonchev–Trinajstić information content (AvgIpc) is 2.65. The molecule has 1 heterocycles. The van der Waals surface area contributed by atoms with Crippen LogP contribution in [-0.2, 0) is 11.2 Å². The van der Waals surface area contributed by atoms with Crippen LogP contribution < -0.4 is 10.1 Å². The number of ether oxygens (including phenoxy) is 1. The van der Waals surface area contributed by atoms with Gasteiger partial charge in [-0.2, -0.15) is 0 Å². The zero-order chi connectivity index (χ0) is 11.5. The molecule has 1 aromatic carbocycles. The third kappa shape index (κ3) is 2.24. The Morgan fingerprint density at radius 2 is 2.44 bits per heavy atom. The third-order valence-electron chi connectivity index (χ3n) is 2.49. The number of phenols is 1. The minimum absolute atomic E-state index is 0.0483. The molecular weight excluding hydrogens is 226 g/mol. The van der Waals surface area contributed by atoms with Crippen molar-refractivity contribution in [2.75, 3.05) is 13.0 Å². The quantitative estimate of drug-likeness (QED) is 0.830. The lowest BCUT2D eigenvalue weighted by molar-refractivity contribution is -0.119. The number of thioether (sulfide) groups is 1. The van der Waals surface area contributed by atoms with E-state index in [2.05, 4.69) is 5.32 Å². The molecule has 1 aliphatic rings. The highest BCUT2D eigenvalue weighted by Gasteiger charge is 2.24. The smallest absolute Gasteiger partial charge is 0.234 e. The summed E-state index contributed by atoms with van der Waals surface area (Å²) in [6.07, 6.45) is 0.633. The highest BCUT2D eigenvalue weighted by Crippen LogP contribution is 2.28. The number of phenolic OH excluding ortho intramolecular Hbond substituents is 1. The van der Waals surface area contributed by atoms with Crippen molar-refractivity contribution in [3.05, 3.63) is 23.8 Å². The van der Waals surface area contributed by atoms with Crippen LogP contribution in [0.2, 0.25) is 0 Å². The van der Waals surface area contributed by atoms with Gasteiger partial charge in [0.25, 0.3) is 0 Å². The SMILES string of the molecule is COc1ccc(CC2SCNC2=O)cc1O. The van der Waals surface area contributed by atoms with Gasteiger partial charge < -0.3 is 15.2 Å². The molecule has 86 valence electrons. The van der Waals surface area contributed by atoms with E-state index in [4.69, 9.17) is 4.74 Å². The van der Waals surface area contributed by atoms with Gasteiger partial charge in [-0.15, -0.1) is 11.8 Å². The summed E-state index contributed by atoms with van der Waals surface area (Å²) < 4.78 is 4.96. The average molecular weight is 239 g/mol. The summed E-state index contributed by atoms with van der Waals surface area (Å²) >= 11 is 1.59. The third-order valence-corrected chi connectivity index (χ3v) is 3.58. The lowest BCUT2D eigenvalue weighted by Crippen LogP contribution is -2.23. The van der Waals surface area contributed by atoms with Gasteiger partial charge in [0.2, 0.25) is 5.91 Å². The summed E-state index contributed by atoms with van der Waals surface area (Å²) in [5, 5.41) is 12.3. The van der Waals surface area contributed by atoms with Gasteiger partial charge in [0, 0.05) is 0 Å². The van der Waals surface area contributed by atoms with Crippen LogP contribution in [0.3, 0.4) is 0 Å². The second kappa shape index (κ2) is 4.65. The number of carbonyl (C=O) groups excluding carboxylic acids is 1. The van der Waals surface area contributed by atoms with E-state index >= 15 is 0 Å². The van der Waals surface area contributed by atoms with E-state index in [-0.39, 0.29) is 16.9 Å². The first-order chi connectivity index (χ1) is 7.70. The predicted molar refractivity (Wildman–Crippen MR) is 62.8 cm³/mol. The summed E-state index contributed by atoms with van der Waals surface area (Å²) in [7, 11) is 1.51. The van der Waals surface area contributed by atoms with Gasteiger partial charge in [-0.3, -0.25) is 4.79 Å². The number of rotatable bonds is 3. The first kappa shape index (κ1) is 11.1. The molecule has 1 aromatic rings. The van der Waals surface area contributed by atoms with Crippen molar-refractivity contribution in [2.45, 2.75) is 11.7 Å². The normalized spacial score (nSPS) is 19.6. The van der Waals surface area contributed by atoms with Gasteiger partial charge in [0.15, 0.2) is 11.5 Å². The number of hydrogen-bond donors (Lipinski definition) is 2. The summed E-state index contributed by atoms with van der Waals surface area (Å²) in [4.78, 5) is 11.4. The van der Waals surface area contributed by atoms with Gasteiger partial charge in [-0.1, -0.05) is 6.07 Å². The maximum absolute atomic E-state index is 11.4. The van der Waals surface area contributed by atoms with Gasteiger partial charge >= 0.3 is 0 Å².